The standard InChI is InChI=1S/C16H15NO4/c1-9-3-4-11(7-10(9)2)15(19)17-12-5-6-14(18)13(8-12)16(20)21/h3-8,18H,1-2H3,(H,17,19)(H,20,21). The van der Waals surface area contributed by atoms with E-state index in [0.717, 1.165) is 11.1 Å². The van der Waals surface area contributed by atoms with E-state index in [4.69, 9.17) is 5.11 Å². The summed E-state index contributed by atoms with van der Waals surface area (Å²) in [5.74, 6) is -1.93. The zero-order valence-electron chi connectivity index (χ0n) is 11.7. The Balaban J connectivity index is 2.25. The molecule has 0 aromatic heterocycles. The third kappa shape index (κ3) is 3.20. The van der Waals surface area contributed by atoms with Crippen LogP contribution in [0.2, 0.25) is 0 Å². The molecule has 0 saturated heterocycles. The lowest BCUT2D eigenvalue weighted by atomic mass is 10.1. The number of carboxylic acid groups (broad SMARTS) is 1. The van der Waals surface area contributed by atoms with E-state index in [-0.39, 0.29) is 17.2 Å². The van der Waals surface area contributed by atoms with Gasteiger partial charge in [-0.2, -0.15) is 0 Å². The number of aromatic carboxylic acids is 1. The summed E-state index contributed by atoms with van der Waals surface area (Å²) in [6.07, 6.45) is 0. The summed E-state index contributed by atoms with van der Waals surface area (Å²) in [5.41, 5.74) is 2.63. The molecule has 0 heterocycles. The summed E-state index contributed by atoms with van der Waals surface area (Å²) < 4.78 is 0. The van der Waals surface area contributed by atoms with Gasteiger partial charge in [0.2, 0.25) is 0 Å². The van der Waals surface area contributed by atoms with Gasteiger partial charge in [0, 0.05) is 11.3 Å². The highest BCUT2D eigenvalue weighted by atomic mass is 16.4. The Morgan fingerprint density at radius 1 is 1.00 bits per heavy atom. The third-order valence-corrected chi connectivity index (χ3v) is 3.25. The van der Waals surface area contributed by atoms with Crippen LogP contribution in [0.25, 0.3) is 0 Å². The quantitative estimate of drug-likeness (QED) is 0.757. The van der Waals surface area contributed by atoms with Crippen molar-refractivity contribution in [1.29, 1.82) is 0 Å². The second-order valence-corrected chi connectivity index (χ2v) is 4.79. The molecule has 0 fully saturated rings. The van der Waals surface area contributed by atoms with Crippen molar-refractivity contribution in [3.05, 3.63) is 58.7 Å². The molecule has 21 heavy (non-hydrogen) atoms. The number of phenols is 1. The van der Waals surface area contributed by atoms with Crippen LogP contribution >= 0.6 is 0 Å². The minimum Gasteiger partial charge on any atom is -0.507 e. The average molecular weight is 285 g/mol. The molecule has 0 saturated carbocycles. The summed E-state index contributed by atoms with van der Waals surface area (Å²) in [5, 5.41) is 21.0. The van der Waals surface area contributed by atoms with Gasteiger partial charge in [-0.15, -0.1) is 0 Å². The highest BCUT2D eigenvalue weighted by Gasteiger charge is 2.12. The fraction of sp³-hybridized carbons (Fsp3) is 0.125. The number of carbonyl (C=O) groups is 2. The summed E-state index contributed by atoms with van der Waals surface area (Å²) in [6, 6.07) is 9.22. The fourth-order valence-electron chi connectivity index (χ4n) is 1.87. The van der Waals surface area contributed by atoms with Crippen molar-refractivity contribution in [2.24, 2.45) is 0 Å². The first kappa shape index (κ1) is 14.6. The Labute approximate surface area is 121 Å². The first-order chi connectivity index (χ1) is 9.88. The van der Waals surface area contributed by atoms with Gasteiger partial charge in [-0.3, -0.25) is 4.79 Å². The molecule has 5 heteroatoms. The molecular formula is C16H15NO4. The molecule has 2 aromatic rings. The Kier molecular flexibility index (Phi) is 3.93. The molecule has 0 aliphatic rings. The van der Waals surface area contributed by atoms with E-state index in [1.807, 2.05) is 19.9 Å². The van der Waals surface area contributed by atoms with Gasteiger partial charge in [-0.05, 0) is 55.3 Å². The molecule has 0 bridgehead atoms. The maximum Gasteiger partial charge on any atom is 0.339 e. The molecule has 0 aliphatic heterocycles. The van der Waals surface area contributed by atoms with E-state index >= 15 is 0 Å². The smallest absolute Gasteiger partial charge is 0.339 e. The Morgan fingerprint density at radius 2 is 1.71 bits per heavy atom. The van der Waals surface area contributed by atoms with Crippen molar-refractivity contribution in [2.75, 3.05) is 5.32 Å². The number of aryl methyl sites for hydroxylation is 2. The third-order valence-electron chi connectivity index (χ3n) is 3.25. The number of rotatable bonds is 3. The van der Waals surface area contributed by atoms with Crippen LogP contribution < -0.4 is 5.32 Å². The molecule has 2 aromatic carbocycles. The minimum atomic E-state index is -1.25. The molecule has 5 nitrogen and oxygen atoms in total. The van der Waals surface area contributed by atoms with E-state index in [1.54, 1.807) is 12.1 Å². The predicted octanol–water partition coefficient (Wildman–Crippen LogP) is 2.96. The second kappa shape index (κ2) is 5.66. The minimum absolute atomic E-state index is 0.257. The van der Waals surface area contributed by atoms with Gasteiger partial charge in [0.1, 0.15) is 11.3 Å². The van der Waals surface area contributed by atoms with Gasteiger partial charge in [-0.1, -0.05) is 6.07 Å². The Bertz CT molecular complexity index is 722. The highest BCUT2D eigenvalue weighted by Crippen LogP contribution is 2.22. The van der Waals surface area contributed by atoms with Crippen molar-refractivity contribution < 1.29 is 19.8 Å². The van der Waals surface area contributed by atoms with Crippen molar-refractivity contribution in [3.63, 3.8) is 0 Å². The monoisotopic (exact) mass is 285 g/mol. The lowest BCUT2D eigenvalue weighted by molar-refractivity contribution is 0.0693. The number of benzene rings is 2. The SMILES string of the molecule is Cc1ccc(C(=O)Nc2ccc(O)c(C(=O)O)c2)cc1C. The van der Waals surface area contributed by atoms with Crippen LogP contribution in [0.4, 0.5) is 5.69 Å². The van der Waals surface area contributed by atoms with E-state index in [9.17, 15) is 14.7 Å². The van der Waals surface area contributed by atoms with Crippen LogP contribution in [0.5, 0.6) is 5.75 Å². The predicted molar refractivity (Wildman–Crippen MR) is 78.9 cm³/mol. The molecule has 108 valence electrons. The average Bonchev–Trinajstić information content (AvgIpc) is 2.43. The van der Waals surface area contributed by atoms with Crippen LogP contribution in [0.1, 0.15) is 31.8 Å². The lowest BCUT2D eigenvalue weighted by Gasteiger charge is -2.08. The molecule has 0 unspecified atom stereocenters. The number of amides is 1. The molecule has 3 N–H and O–H groups in total. The van der Waals surface area contributed by atoms with E-state index in [1.165, 1.54) is 18.2 Å². The maximum absolute atomic E-state index is 12.1. The molecule has 2 rings (SSSR count). The first-order valence-electron chi connectivity index (χ1n) is 6.33. The van der Waals surface area contributed by atoms with Crippen LogP contribution in [0, 0.1) is 13.8 Å². The van der Waals surface area contributed by atoms with Gasteiger partial charge >= 0.3 is 5.97 Å². The van der Waals surface area contributed by atoms with E-state index in [0.29, 0.717) is 11.3 Å². The number of carboxylic acids is 1. The van der Waals surface area contributed by atoms with Gasteiger partial charge in [0.05, 0.1) is 0 Å². The number of anilines is 1. The fourth-order valence-corrected chi connectivity index (χ4v) is 1.87. The Hall–Kier alpha value is -2.82. The number of aromatic hydroxyl groups is 1. The number of hydrogen-bond acceptors (Lipinski definition) is 3. The van der Waals surface area contributed by atoms with Gasteiger partial charge in [0.25, 0.3) is 5.91 Å². The van der Waals surface area contributed by atoms with Crippen molar-refractivity contribution in [1.82, 2.24) is 0 Å². The first-order valence-corrected chi connectivity index (χ1v) is 6.33. The zero-order chi connectivity index (χ0) is 15.6. The Morgan fingerprint density at radius 3 is 2.33 bits per heavy atom. The number of nitrogens with one attached hydrogen (secondary N) is 1. The van der Waals surface area contributed by atoms with Gasteiger partial charge in [0.15, 0.2) is 0 Å². The molecule has 1 amide bonds. The summed E-state index contributed by atoms with van der Waals surface area (Å²) in [6.45, 7) is 3.87. The van der Waals surface area contributed by atoms with E-state index in [2.05, 4.69) is 5.32 Å². The molecule has 0 radical (unpaired) electrons. The van der Waals surface area contributed by atoms with Crippen molar-refractivity contribution in [3.8, 4) is 5.75 Å². The van der Waals surface area contributed by atoms with Crippen molar-refractivity contribution >= 4 is 17.6 Å². The van der Waals surface area contributed by atoms with Crippen LogP contribution in [-0.2, 0) is 0 Å². The number of hydrogen-bond donors (Lipinski definition) is 3. The number of carbonyl (C=O) groups excluding carboxylic acids is 1. The zero-order valence-corrected chi connectivity index (χ0v) is 11.7. The highest BCUT2D eigenvalue weighted by molar-refractivity contribution is 6.05. The van der Waals surface area contributed by atoms with Crippen LogP contribution in [-0.4, -0.2) is 22.1 Å². The van der Waals surface area contributed by atoms with Crippen LogP contribution in [0.15, 0.2) is 36.4 Å². The molecule has 0 aliphatic carbocycles. The summed E-state index contributed by atoms with van der Waals surface area (Å²) in [4.78, 5) is 23.1. The largest absolute Gasteiger partial charge is 0.507 e. The second-order valence-electron chi connectivity index (χ2n) is 4.79. The van der Waals surface area contributed by atoms with Crippen molar-refractivity contribution in [2.45, 2.75) is 13.8 Å². The van der Waals surface area contributed by atoms with Gasteiger partial charge < -0.3 is 15.5 Å². The molecule has 0 spiro atoms. The van der Waals surface area contributed by atoms with Crippen LogP contribution in [0.3, 0.4) is 0 Å². The normalized spacial score (nSPS) is 10.2. The summed E-state index contributed by atoms with van der Waals surface area (Å²) >= 11 is 0. The summed E-state index contributed by atoms with van der Waals surface area (Å²) in [7, 11) is 0. The maximum atomic E-state index is 12.1. The molecule has 0 atom stereocenters. The van der Waals surface area contributed by atoms with E-state index < -0.39 is 5.97 Å². The molecular weight excluding hydrogens is 270 g/mol. The lowest BCUT2D eigenvalue weighted by Crippen LogP contribution is -2.12. The topological polar surface area (TPSA) is 86.6 Å². The van der Waals surface area contributed by atoms with Gasteiger partial charge in [-0.25, -0.2) is 4.79 Å².